The second-order valence-electron chi connectivity index (χ2n) is 5.72. The first kappa shape index (κ1) is 18.8. The molecule has 0 heterocycles. The summed E-state index contributed by atoms with van der Waals surface area (Å²) in [7, 11) is 3.60. The molecule has 0 saturated heterocycles. The zero-order valence-electron chi connectivity index (χ0n) is 14.3. The summed E-state index contributed by atoms with van der Waals surface area (Å²) in [5.41, 5.74) is 2.50. The minimum absolute atomic E-state index is 0.822. The lowest BCUT2D eigenvalue weighted by Gasteiger charge is -2.12. The highest BCUT2D eigenvalue weighted by Crippen LogP contribution is 2.19. The van der Waals surface area contributed by atoms with Gasteiger partial charge in [0.2, 0.25) is 0 Å². The van der Waals surface area contributed by atoms with Gasteiger partial charge in [0.05, 0.1) is 16.8 Å². The van der Waals surface area contributed by atoms with Crippen molar-refractivity contribution in [3.63, 3.8) is 0 Å². The van der Waals surface area contributed by atoms with Crippen molar-refractivity contribution in [3.8, 4) is 5.75 Å². The van der Waals surface area contributed by atoms with Crippen LogP contribution in [0.5, 0.6) is 5.75 Å². The Kier molecular flexibility index (Phi) is 9.64. The molecule has 1 rings (SSSR count). The summed E-state index contributed by atoms with van der Waals surface area (Å²) >= 11 is 0. The van der Waals surface area contributed by atoms with E-state index < -0.39 is 0 Å². The van der Waals surface area contributed by atoms with E-state index in [4.69, 9.17) is 4.74 Å². The third-order valence-electron chi connectivity index (χ3n) is 3.95. The summed E-state index contributed by atoms with van der Waals surface area (Å²) in [6.45, 7) is 7.11. The third kappa shape index (κ3) is 7.12. The maximum absolute atomic E-state index is 5.90. The van der Waals surface area contributed by atoms with Crippen LogP contribution in [-0.4, -0.2) is 16.8 Å². The van der Waals surface area contributed by atoms with Crippen molar-refractivity contribution in [2.45, 2.75) is 59.3 Å². The molecule has 0 aliphatic heterocycles. The number of hydrogen-bond donors (Lipinski definition) is 0. The number of unbranched alkanes of at least 4 members (excludes halogenated alkanes) is 5. The summed E-state index contributed by atoms with van der Waals surface area (Å²) in [6.07, 6.45) is 16.0. The second kappa shape index (κ2) is 11.3. The van der Waals surface area contributed by atoms with E-state index in [0.29, 0.717) is 0 Å². The standard InChI is InChI=1S/C20H29OSi/c1-4-5-6-7-8-9-10-11-12-13-16-21-19-14-15-20(22)18(3)17(19)2/h4-7,14-15H,8-13,16H2,1-3H3. The minimum atomic E-state index is 0.822. The molecule has 0 saturated carbocycles. The van der Waals surface area contributed by atoms with Gasteiger partial charge in [-0.05, 0) is 57.2 Å². The lowest BCUT2D eigenvalue weighted by atomic mass is 10.1. The van der Waals surface area contributed by atoms with Crippen LogP contribution < -0.4 is 9.92 Å². The van der Waals surface area contributed by atoms with Crippen LogP contribution >= 0.6 is 0 Å². The van der Waals surface area contributed by atoms with E-state index in [1.807, 2.05) is 6.92 Å². The molecule has 119 valence electrons. The van der Waals surface area contributed by atoms with Gasteiger partial charge in [-0.15, -0.1) is 0 Å². The molecule has 0 fully saturated rings. The van der Waals surface area contributed by atoms with Crippen LogP contribution in [0, 0.1) is 13.8 Å². The molecule has 0 spiro atoms. The van der Waals surface area contributed by atoms with Gasteiger partial charge in [-0.25, -0.2) is 0 Å². The van der Waals surface area contributed by atoms with Gasteiger partial charge in [0.15, 0.2) is 0 Å². The van der Waals surface area contributed by atoms with E-state index in [1.54, 1.807) is 0 Å². The van der Waals surface area contributed by atoms with E-state index in [9.17, 15) is 0 Å². The minimum Gasteiger partial charge on any atom is -0.493 e. The Morgan fingerprint density at radius 3 is 2.45 bits per heavy atom. The van der Waals surface area contributed by atoms with Crippen LogP contribution in [0.4, 0.5) is 0 Å². The molecule has 1 aromatic carbocycles. The molecule has 0 bridgehead atoms. The van der Waals surface area contributed by atoms with Crippen LogP contribution in [0.15, 0.2) is 36.4 Å². The first-order valence-electron chi connectivity index (χ1n) is 8.39. The van der Waals surface area contributed by atoms with E-state index in [-0.39, 0.29) is 0 Å². The largest absolute Gasteiger partial charge is 0.493 e. The van der Waals surface area contributed by atoms with Crippen molar-refractivity contribution in [1.29, 1.82) is 0 Å². The molecule has 22 heavy (non-hydrogen) atoms. The van der Waals surface area contributed by atoms with Crippen LogP contribution in [0.25, 0.3) is 0 Å². The maximum Gasteiger partial charge on any atom is 0.122 e. The summed E-state index contributed by atoms with van der Waals surface area (Å²) < 4.78 is 5.90. The summed E-state index contributed by atoms with van der Waals surface area (Å²) in [6, 6.07) is 4.12. The Balaban J connectivity index is 2.08. The molecule has 0 N–H and O–H groups in total. The van der Waals surface area contributed by atoms with Gasteiger partial charge in [0.1, 0.15) is 5.75 Å². The monoisotopic (exact) mass is 313 g/mol. The zero-order valence-corrected chi connectivity index (χ0v) is 15.3. The zero-order chi connectivity index (χ0) is 16.2. The Bertz CT molecular complexity index is 489. The van der Waals surface area contributed by atoms with Crippen molar-refractivity contribution in [1.82, 2.24) is 0 Å². The number of benzene rings is 1. The first-order valence-corrected chi connectivity index (χ1v) is 8.89. The van der Waals surface area contributed by atoms with Crippen molar-refractivity contribution < 1.29 is 4.74 Å². The molecule has 1 aromatic rings. The lowest BCUT2D eigenvalue weighted by molar-refractivity contribution is 0.302. The van der Waals surface area contributed by atoms with Gasteiger partial charge in [0.25, 0.3) is 0 Å². The van der Waals surface area contributed by atoms with Gasteiger partial charge in [-0.2, -0.15) is 0 Å². The van der Waals surface area contributed by atoms with Gasteiger partial charge in [0, 0.05) is 0 Å². The first-order chi connectivity index (χ1) is 10.7. The fourth-order valence-electron chi connectivity index (χ4n) is 2.31. The fraction of sp³-hybridized carbons (Fsp3) is 0.500. The van der Waals surface area contributed by atoms with Crippen molar-refractivity contribution in [2.24, 2.45) is 0 Å². The smallest absolute Gasteiger partial charge is 0.122 e. The number of hydrogen-bond acceptors (Lipinski definition) is 1. The van der Waals surface area contributed by atoms with E-state index in [0.717, 1.165) is 24.0 Å². The average Bonchev–Trinajstić information content (AvgIpc) is 2.52. The molecule has 0 aliphatic carbocycles. The molecule has 0 aliphatic rings. The highest BCUT2D eigenvalue weighted by atomic mass is 28.1. The van der Waals surface area contributed by atoms with E-state index in [1.165, 1.54) is 43.2 Å². The van der Waals surface area contributed by atoms with Crippen LogP contribution in [-0.2, 0) is 0 Å². The molecular formula is C20H29OSi. The Morgan fingerprint density at radius 2 is 1.68 bits per heavy atom. The van der Waals surface area contributed by atoms with E-state index in [2.05, 4.69) is 60.5 Å². The summed E-state index contributed by atoms with van der Waals surface area (Å²) in [5, 5.41) is 1.15. The van der Waals surface area contributed by atoms with E-state index >= 15 is 0 Å². The second-order valence-corrected chi connectivity index (χ2v) is 6.26. The molecule has 0 amide bonds. The van der Waals surface area contributed by atoms with Crippen molar-refractivity contribution in [3.05, 3.63) is 47.6 Å². The fourth-order valence-corrected chi connectivity index (χ4v) is 2.59. The molecule has 3 radical (unpaired) electrons. The van der Waals surface area contributed by atoms with Gasteiger partial charge < -0.3 is 4.74 Å². The quantitative estimate of drug-likeness (QED) is 0.337. The number of rotatable bonds is 10. The van der Waals surface area contributed by atoms with Crippen molar-refractivity contribution in [2.75, 3.05) is 6.61 Å². The molecule has 2 heteroatoms. The SMILES string of the molecule is CC=CC=CCCCCCCCOc1ccc([Si])c(C)c1C. The molecule has 0 aromatic heterocycles. The Labute approximate surface area is 139 Å². The van der Waals surface area contributed by atoms with Crippen LogP contribution in [0.2, 0.25) is 0 Å². The average molecular weight is 314 g/mol. The molecule has 0 atom stereocenters. The van der Waals surface area contributed by atoms with Gasteiger partial charge in [-0.1, -0.05) is 54.8 Å². The van der Waals surface area contributed by atoms with Gasteiger partial charge in [-0.3, -0.25) is 0 Å². The Hall–Kier alpha value is -1.28. The number of allylic oxidation sites excluding steroid dienone is 4. The molecule has 1 nitrogen and oxygen atoms in total. The predicted molar refractivity (Wildman–Crippen MR) is 98.5 cm³/mol. The van der Waals surface area contributed by atoms with Gasteiger partial charge >= 0.3 is 0 Å². The van der Waals surface area contributed by atoms with Crippen LogP contribution in [0.3, 0.4) is 0 Å². The lowest BCUT2D eigenvalue weighted by Crippen LogP contribution is -2.10. The third-order valence-corrected chi connectivity index (χ3v) is 4.49. The number of ether oxygens (including phenoxy) is 1. The maximum atomic E-state index is 5.90. The molecule has 0 unspecified atom stereocenters. The van der Waals surface area contributed by atoms with Crippen molar-refractivity contribution >= 4 is 15.4 Å². The summed E-state index contributed by atoms with van der Waals surface area (Å²) in [4.78, 5) is 0. The predicted octanol–water partition coefficient (Wildman–Crippen LogP) is 4.95. The topological polar surface area (TPSA) is 9.23 Å². The van der Waals surface area contributed by atoms with Crippen LogP contribution in [0.1, 0.15) is 56.6 Å². The molecular weight excluding hydrogens is 284 g/mol. The highest BCUT2D eigenvalue weighted by Gasteiger charge is 2.04. The Morgan fingerprint density at radius 1 is 0.955 bits per heavy atom. The summed E-state index contributed by atoms with van der Waals surface area (Å²) in [5.74, 6) is 1.02. The normalized spacial score (nSPS) is 11.6. The highest BCUT2D eigenvalue weighted by molar-refractivity contribution is 6.33.